The molecule has 0 heterocycles. The summed E-state index contributed by atoms with van der Waals surface area (Å²) in [6.45, 7) is 1.69. The van der Waals surface area contributed by atoms with E-state index in [4.69, 9.17) is 33.0 Å². The van der Waals surface area contributed by atoms with E-state index in [1.54, 1.807) is 6.92 Å². The highest BCUT2D eigenvalue weighted by Crippen LogP contribution is 2.34. The Morgan fingerprint density at radius 3 is 2.20 bits per heavy atom. The number of hydrogen-bond donors (Lipinski definition) is 1. The van der Waals surface area contributed by atoms with Gasteiger partial charge in [0.1, 0.15) is 6.04 Å². The summed E-state index contributed by atoms with van der Waals surface area (Å²) in [5.74, 6) is -1.25. The number of hydrogen-bond acceptors (Lipinski definition) is 3. The number of halogens is 2. The lowest BCUT2D eigenvalue weighted by Crippen LogP contribution is -2.41. The van der Waals surface area contributed by atoms with Crippen molar-refractivity contribution in [1.82, 2.24) is 4.90 Å². The maximum Gasteiger partial charge on any atom is 0.326 e. The number of nitrogens with zero attached hydrogens (tertiary/aromatic N) is 1. The molecular weight excluding hydrogens is 305 g/mol. The third kappa shape index (κ3) is 3.35. The first-order chi connectivity index (χ1) is 9.33. The standard InChI is InChI=1S/C13H15Cl2NO4/c1-4-10(13(18)19)16(2)12(17)7-5-8(14)11(20-3)9(15)6-7/h5-6,10H,4H2,1-3H3,(H,18,19). The lowest BCUT2D eigenvalue weighted by Gasteiger charge is -2.24. The molecule has 0 aliphatic carbocycles. The molecular formula is C13H15Cl2NO4. The Labute approximate surface area is 127 Å². The molecule has 110 valence electrons. The summed E-state index contributed by atoms with van der Waals surface area (Å²) < 4.78 is 4.99. The molecule has 1 aromatic carbocycles. The van der Waals surface area contributed by atoms with Crippen molar-refractivity contribution in [3.05, 3.63) is 27.7 Å². The number of carboxylic acids is 1. The van der Waals surface area contributed by atoms with Gasteiger partial charge in [-0.05, 0) is 18.6 Å². The summed E-state index contributed by atoms with van der Waals surface area (Å²) >= 11 is 11.9. The number of ether oxygens (including phenoxy) is 1. The molecule has 7 heteroatoms. The molecule has 0 saturated heterocycles. The van der Waals surface area contributed by atoms with E-state index in [0.717, 1.165) is 4.90 Å². The van der Waals surface area contributed by atoms with Crippen molar-refractivity contribution in [1.29, 1.82) is 0 Å². The summed E-state index contributed by atoms with van der Waals surface area (Å²) in [6, 6.07) is 1.90. The average molecular weight is 320 g/mol. The van der Waals surface area contributed by atoms with E-state index in [1.165, 1.54) is 26.3 Å². The summed E-state index contributed by atoms with van der Waals surface area (Å²) in [4.78, 5) is 24.5. The van der Waals surface area contributed by atoms with Crippen molar-refractivity contribution in [2.75, 3.05) is 14.2 Å². The van der Waals surface area contributed by atoms with Crippen molar-refractivity contribution in [3.63, 3.8) is 0 Å². The van der Waals surface area contributed by atoms with Gasteiger partial charge in [-0.1, -0.05) is 30.1 Å². The third-order valence-electron chi connectivity index (χ3n) is 2.91. The number of benzene rings is 1. The lowest BCUT2D eigenvalue weighted by atomic mass is 10.1. The molecule has 1 amide bonds. The van der Waals surface area contributed by atoms with Gasteiger partial charge in [0, 0.05) is 12.6 Å². The Kier molecular flexibility index (Phi) is 5.65. The summed E-state index contributed by atoms with van der Waals surface area (Å²) in [6.07, 6.45) is 0.301. The van der Waals surface area contributed by atoms with Crippen LogP contribution in [0.15, 0.2) is 12.1 Å². The van der Waals surface area contributed by atoms with Crippen LogP contribution in [-0.4, -0.2) is 42.1 Å². The zero-order valence-corrected chi connectivity index (χ0v) is 12.8. The highest BCUT2D eigenvalue weighted by atomic mass is 35.5. The Bertz CT molecular complexity index is 510. The molecule has 0 fully saturated rings. The molecule has 0 bridgehead atoms. The van der Waals surface area contributed by atoms with Gasteiger partial charge in [-0.2, -0.15) is 0 Å². The van der Waals surface area contributed by atoms with E-state index in [-0.39, 0.29) is 21.4 Å². The number of amides is 1. The van der Waals surface area contributed by atoms with E-state index in [2.05, 4.69) is 0 Å². The molecule has 1 unspecified atom stereocenters. The number of aliphatic carboxylic acids is 1. The van der Waals surface area contributed by atoms with E-state index in [9.17, 15) is 9.59 Å². The fraction of sp³-hybridized carbons (Fsp3) is 0.385. The third-order valence-corrected chi connectivity index (χ3v) is 3.47. The average Bonchev–Trinajstić information content (AvgIpc) is 2.37. The maximum absolute atomic E-state index is 12.3. The van der Waals surface area contributed by atoms with Crippen LogP contribution in [0.1, 0.15) is 23.7 Å². The predicted molar refractivity (Wildman–Crippen MR) is 76.8 cm³/mol. The minimum Gasteiger partial charge on any atom is -0.494 e. The number of carbonyl (C=O) groups is 2. The van der Waals surface area contributed by atoms with Crippen LogP contribution < -0.4 is 4.74 Å². The first kappa shape index (κ1) is 16.6. The van der Waals surface area contributed by atoms with Crippen LogP contribution in [0.3, 0.4) is 0 Å². The van der Waals surface area contributed by atoms with E-state index >= 15 is 0 Å². The van der Waals surface area contributed by atoms with Crippen LogP contribution >= 0.6 is 23.2 Å². The molecule has 0 aromatic heterocycles. The molecule has 5 nitrogen and oxygen atoms in total. The van der Waals surface area contributed by atoms with Gasteiger partial charge < -0.3 is 14.7 Å². The molecule has 1 aromatic rings. The minimum absolute atomic E-state index is 0.195. The molecule has 0 aliphatic rings. The summed E-state index contributed by atoms with van der Waals surface area (Å²) in [5.41, 5.74) is 0.211. The predicted octanol–water partition coefficient (Wildman–Crippen LogP) is 2.94. The molecule has 1 N–H and O–H groups in total. The van der Waals surface area contributed by atoms with Crippen LogP contribution in [0, 0.1) is 0 Å². The van der Waals surface area contributed by atoms with Crippen molar-refractivity contribution in [2.45, 2.75) is 19.4 Å². The minimum atomic E-state index is -1.06. The second-order valence-corrected chi connectivity index (χ2v) is 4.97. The number of rotatable bonds is 5. The number of carbonyl (C=O) groups excluding carboxylic acids is 1. The highest BCUT2D eigenvalue weighted by Gasteiger charge is 2.26. The van der Waals surface area contributed by atoms with Crippen molar-refractivity contribution >= 4 is 35.1 Å². The largest absolute Gasteiger partial charge is 0.494 e. The van der Waals surface area contributed by atoms with Gasteiger partial charge in [-0.3, -0.25) is 4.79 Å². The molecule has 0 radical (unpaired) electrons. The van der Waals surface area contributed by atoms with E-state index in [0.29, 0.717) is 6.42 Å². The van der Waals surface area contributed by atoms with Crippen molar-refractivity contribution < 1.29 is 19.4 Å². The number of likely N-dealkylation sites (N-methyl/N-ethyl adjacent to an activating group) is 1. The van der Waals surface area contributed by atoms with Crippen molar-refractivity contribution in [3.8, 4) is 5.75 Å². The fourth-order valence-electron chi connectivity index (χ4n) is 1.84. The van der Waals surface area contributed by atoms with Gasteiger partial charge in [-0.25, -0.2) is 4.79 Å². The van der Waals surface area contributed by atoms with Gasteiger partial charge >= 0.3 is 5.97 Å². The van der Waals surface area contributed by atoms with E-state index in [1.807, 2.05) is 0 Å². The summed E-state index contributed by atoms with van der Waals surface area (Å²) in [7, 11) is 2.84. The number of carboxylic acid groups (broad SMARTS) is 1. The molecule has 0 spiro atoms. The van der Waals surface area contributed by atoms with Gasteiger partial charge in [0.2, 0.25) is 0 Å². The van der Waals surface area contributed by atoms with Crippen molar-refractivity contribution in [2.24, 2.45) is 0 Å². The van der Waals surface area contributed by atoms with E-state index < -0.39 is 17.9 Å². The van der Waals surface area contributed by atoms with Gasteiger partial charge in [0.25, 0.3) is 5.91 Å². The SMILES string of the molecule is CCC(C(=O)O)N(C)C(=O)c1cc(Cl)c(OC)c(Cl)c1. The molecule has 0 saturated carbocycles. The second kappa shape index (κ2) is 6.81. The molecule has 20 heavy (non-hydrogen) atoms. The Balaban J connectivity index is 3.12. The molecule has 1 rings (SSSR count). The first-order valence-electron chi connectivity index (χ1n) is 5.86. The van der Waals surface area contributed by atoms with Crippen LogP contribution in [0.5, 0.6) is 5.75 Å². The quantitative estimate of drug-likeness (QED) is 0.906. The zero-order valence-electron chi connectivity index (χ0n) is 11.3. The second-order valence-electron chi connectivity index (χ2n) is 4.15. The van der Waals surface area contributed by atoms with Gasteiger partial charge in [0.15, 0.2) is 5.75 Å². The van der Waals surface area contributed by atoms with Gasteiger partial charge in [0.05, 0.1) is 17.2 Å². The first-order valence-corrected chi connectivity index (χ1v) is 6.62. The Morgan fingerprint density at radius 1 is 1.35 bits per heavy atom. The fourth-order valence-corrected chi connectivity index (χ4v) is 2.48. The maximum atomic E-state index is 12.3. The lowest BCUT2D eigenvalue weighted by molar-refractivity contribution is -0.142. The van der Waals surface area contributed by atoms with Crippen LogP contribution in [-0.2, 0) is 4.79 Å². The van der Waals surface area contributed by atoms with Crippen LogP contribution in [0.2, 0.25) is 10.0 Å². The van der Waals surface area contributed by atoms with Crippen LogP contribution in [0.4, 0.5) is 0 Å². The zero-order chi connectivity index (χ0) is 15.4. The Morgan fingerprint density at radius 2 is 1.85 bits per heavy atom. The number of methoxy groups -OCH3 is 1. The normalized spacial score (nSPS) is 11.8. The highest BCUT2D eigenvalue weighted by molar-refractivity contribution is 6.37. The monoisotopic (exact) mass is 319 g/mol. The molecule has 0 aliphatic heterocycles. The Hall–Kier alpha value is -1.46. The topological polar surface area (TPSA) is 66.8 Å². The molecule has 1 atom stereocenters. The smallest absolute Gasteiger partial charge is 0.326 e. The van der Waals surface area contributed by atoms with Gasteiger partial charge in [-0.15, -0.1) is 0 Å². The summed E-state index contributed by atoms with van der Waals surface area (Å²) in [5, 5.41) is 9.45. The van der Waals surface area contributed by atoms with Crippen LogP contribution in [0.25, 0.3) is 0 Å².